The molecule has 0 fully saturated rings. The first-order valence-corrected chi connectivity index (χ1v) is 25.6. The van der Waals surface area contributed by atoms with Crippen LogP contribution in [0, 0.1) is 0 Å². The highest BCUT2D eigenvalue weighted by atomic mass is 16.3. The van der Waals surface area contributed by atoms with Gasteiger partial charge in [-0.2, -0.15) is 0 Å². The monoisotopic (exact) mass is 956 g/mol. The molecule has 0 amide bonds. The predicted octanol–water partition coefficient (Wildman–Crippen LogP) is 20.8. The van der Waals surface area contributed by atoms with E-state index in [1.807, 2.05) is 24.3 Å². The number of nitrogens with zero attached hydrogens (tertiary/aromatic N) is 2. The van der Waals surface area contributed by atoms with E-state index in [9.17, 15) is 0 Å². The summed E-state index contributed by atoms with van der Waals surface area (Å²) in [6.45, 7) is 8.95. The zero-order valence-corrected chi connectivity index (χ0v) is 41.3. The average molecular weight is 957 g/mol. The van der Waals surface area contributed by atoms with Crippen molar-refractivity contribution in [3.8, 4) is 0 Å². The van der Waals surface area contributed by atoms with Crippen LogP contribution in [0.2, 0.25) is 0 Å². The van der Waals surface area contributed by atoms with E-state index >= 15 is 0 Å². The van der Waals surface area contributed by atoms with E-state index in [1.54, 1.807) is 0 Å². The minimum absolute atomic E-state index is 0.406. The highest BCUT2D eigenvalue weighted by Crippen LogP contribution is 2.50. The highest BCUT2D eigenvalue weighted by Gasteiger charge is 2.25. The highest BCUT2D eigenvalue weighted by molar-refractivity contribution is 6.28. The lowest BCUT2D eigenvalue weighted by Crippen LogP contribution is -2.10. The van der Waals surface area contributed by atoms with Crippen molar-refractivity contribution in [1.29, 1.82) is 0 Å². The number of furan rings is 4. The molecule has 6 heteroatoms. The van der Waals surface area contributed by atoms with E-state index in [0.29, 0.717) is 11.8 Å². The van der Waals surface area contributed by atoms with Crippen LogP contribution < -0.4 is 9.80 Å². The normalized spacial score (nSPS) is 12.3. The molecule has 4 aromatic heterocycles. The first-order chi connectivity index (χ1) is 36.3. The van der Waals surface area contributed by atoms with E-state index < -0.39 is 0 Å². The average Bonchev–Trinajstić information content (AvgIpc) is 4.22. The smallest absolute Gasteiger partial charge is 0.139 e. The molecular weight excluding hydrogens is 909 g/mol. The van der Waals surface area contributed by atoms with Crippen LogP contribution in [0.25, 0.3) is 109 Å². The SMILES string of the molecule is CC(C)c1ccc(N(c2ccc3oc4ccccc4c3c2)c2cc3oc4cc5oc6cc(N(c7ccc(C(C)C)cc7)c7ccc8oc9ccccc9c8c7)c7ccccc7c6c5cc4c3c3ccccc23)cc1. The fourth-order valence-electron chi connectivity index (χ4n) is 11.7. The maximum absolute atomic E-state index is 7.03. The minimum Gasteiger partial charge on any atom is -0.456 e. The third kappa shape index (κ3) is 6.44. The van der Waals surface area contributed by atoms with E-state index in [2.05, 4.69) is 219 Å². The number of fused-ring (bicyclic) bond motifs is 16. The lowest BCUT2D eigenvalue weighted by molar-refractivity contribution is 0.656. The zero-order valence-electron chi connectivity index (χ0n) is 41.3. The summed E-state index contributed by atoms with van der Waals surface area (Å²) in [7, 11) is 0. The Labute approximate surface area is 425 Å². The van der Waals surface area contributed by atoms with Gasteiger partial charge in [-0.1, -0.05) is 137 Å². The maximum Gasteiger partial charge on any atom is 0.139 e. The van der Waals surface area contributed by atoms with Crippen LogP contribution in [0.4, 0.5) is 34.1 Å². The molecule has 354 valence electrons. The molecule has 0 bridgehead atoms. The van der Waals surface area contributed by atoms with E-state index in [1.165, 1.54) is 11.1 Å². The van der Waals surface area contributed by atoms with Crippen LogP contribution in [0.1, 0.15) is 50.7 Å². The van der Waals surface area contributed by atoms with Crippen LogP contribution in [-0.4, -0.2) is 0 Å². The van der Waals surface area contributed by atoms with Crippen molar-refractivity contribution in [3.05, 3.63) is 217 Å². The Balaban J connectivity index is 0.937. The number of hydrogen-bond acceptors (Lipinski definition) is 6. The summed E-state index contributed by atoms with van der Waals surface area (Å²) in [5, 5.41) is 13.0. The van der Waals surface area contributed by atoms with Crippen LogP contribution in [0.3, 0.4) is 0 Å². The first-order valence-electron chi connectivity index (χ1n) is 25.6. The number of rotatable bonds is 8. The lowest BCUT2D eigenvalue weighted by Gasteiger charge is -2.27. The molecule has 11 aromatic carbocycles. The molecule has 0 spiro atoms. The molecule has 4 heterocycles. The van der Waals surface area contributed by atoms with Crippen molar-refractivity contribution in [2.75, 3.05) is 9.80 Å². The predicted molar refractivity (Wildman–Crippen MR) is 308 cm³/mol. The van der Waals surface area contributed by atoms with E-state index in [-0.39, 0.29) is 0 Å². The van der Waals surface area contributed by atoms with Gasteiger partial charge in [-0.3, -0.25) is 0 Å². The third-order valence-electron chi connectivity index (χ3n) is 15.4. The second kappa shape index (κ2) is 16.1. The standard InChI is InChI=1S/C68H48N2O4/c1-39(2)41-21-25-43(26-22-41)69(45-29-31-61-53(33-45)49-15-9-11-19-59(49)71-61)57-36-65-67(51-17-7-5-13-47(51)57)55-35-56-64(38-63(55)73-65)74-66-37-58(48-14-6-8-18-52(48)68(56)66)70(44-27-23-42(24-28-44)40(3)4)46-30-32-62-54(34-46)50-16-10-12-20-60(50)72-62/h5-40H,1-4H3. The van der Waals surface area contributed by atoms with Crippen molar-refractivity contribution in [3.63, 3.8) is 0 Å². The Hall–Kier alpha value is -9.26. The molecule has 15 aromatic rings. The van der Waals surface area contributed by atoms with Crippen molar-refractivity contribution < 1.29 is 17.7 Å². The second-order valence-corrected chi connectivity index (χ2v) is 20.4. The molecule has 6 nitrogen and oxygen atoms in total. The van der Waals surface area contributed by atoms with Gasteiger partial charge in [-0.15, -0.1) is 0 Å². The number of benzene rings is 11. The molecule has 15 rings (SSSR count). The van der Waals surface area contributed by atoms with Gasteiger partial charge in [0.2, 0.25) is 0 Å². The molecule has 0 saturated carbocycles. The molecule has 0 aliphatic heterocycles. The topological polar surface area (TPSA) is 59.0 Å². The van der Waals surface area contributed by atoms with Crippen molar-refractivity contribution in [2.45, 2.75) is 39.5 Å². The number of para-hydroxylation sites is 2. The molecule has 0 N–H and O–H groups in total. The molecule has 0 unspecified atom stereocenters. The minimum atomic E-state index is 0.406. The fourth-order valence-corrected chi connectivity index (χ4v) is 11.7. The van der Waals surface area contributed by atoms with Gasteiger partial charge in [0.1, 0.15) is 44.7 Å². The van der Waals surface area contributed by atoms with Gasteiger partial charge in [0.25, 0.3) is 0 Å². The number of hydrogen-bond donors (Lipinski definition) is 0. The van der Waals surface area contributed by atoms with Gasteiger partial charge in [0.15, 0.2) is 0 Å². The summed E-state index contributed by atoms with van der Waals surface area (Å²) in [4.78, 5) is 4.72. The van der Waals surface area contributed by atoms with Gasteiger partial charge in [0, 0.05) is 94.8 Å². The van der Waals surface area contributed by atoms with Gasteiger partial charge >= 0.3 is 0 Å². The Morgan fingerprint density at radius 2 is 0.608 bits per heavy atom. The molecule has 0 saturated heterocycles. The van der Waals surface area contributed by atoms with E-state index in [0.717, 1.165) is 143 Å². The molecule has 0 aliphatic rings. The molecule has 0 aliphatic carbocycles. The second-order valence-electron chi connectivity index (χ2n) is 20.4. The fraction of sp³-hybridized carbons (Fsp3) is 0.0882. The number of anilines is 6. The Bertz CT molecular complexity index is 4440. The molecular formula is C68H48N2O4. The maximum atomic E-state index is 7.03. The first kappa shape index (κ1) is 42.4. The van der Waals surface area contributed by atoms with Crippen molar-refractivity contribution in [2.24, 2.45) is 0 Å². The summed E-state index contributed by atoms with van der Waals surface area (Å²) >= 11 is 0. The van der Waals surface area contributed by atoms with Crippen LogP contribution in [0.5, 0.6) is 0 Å². The van der Waals surface area contributed by atoms with Gasteiger partial charge in [-0.05, 0) is 113 Å². The van der Waals surface area contributed by atoms with Gasteiger partial charge in [0.05, 0.1) is 11.4 Å². The Morgan fingerprint density at radius 1 is 0.257 bits per heavy atom. The van der Waals surface area contributed by atoms with Gasteiger partial charge in [-0.25, -0.2) is 0 Å². The summed E-state index contributed by atoms with van der Waals surface area (Å²) in [6, 6.07) is 73.8. The van der Waals surface area contributed by atoms with Gasteiger partial charge < -0.3 is 27.5 Å². The Kier molecular flexibility index (Phi) is 9.24. The largest absolute Gasteiger partial charge is 0.456 e. The summed E-state index contributed by atoms with van der Waals surface area (Å²) in [5.41, 5.74) is 15.4. The van der Waals surface area contributed by atoms with E-state index in [4.69, 9.17) is 17.7 Å². The summed E-state index contributed by atoms with van der Waals surface area (Å²) < 4.78 is 26.7. The quantitative estimate of drug-likeness (QED) is 0.151. The summed E-state index contributed by atoms with van der Waals surface area (Å²) in [5.74, 6) is 0.812. The molecule has 0 atom stereocenters. The third-order valence-corrected chi connectivity index (χ3v) is 15.4. The Morgan fingerprint density at radius 3 is 1.03 bits per heavy atom. The molecule has 74 heavy (non-hydrogen) atoms. The van der Waals surface area contributed by atoms with Crippen LogP contribution in [0.15, 0.2) is 224 Å². The summed E-state index contributed by atoms with van der Waals surface area (Å²) in [6.07, 6.45) is 0. The van der Waals surface area contributed by atoms with Crippen LogP contribution >= 0.6 is 0 Å². The molecule has 0 radical (unpaired) electrons. The van der Waals surface area contributed by atoms with Crippen molar-refractivity contribution in [1.82, 2.24) is 0 Å². The van der Waals surface area contributed by atoms with Crippen molar-refractivity contribution >= 4 is 143 Å². The lowest BCUT2D eigenvalue weighted by atomic mass is 9.97. The zero-order chi connectivity index (χ0) is 49.3. The van der Waals surface area contributed by atoms with Crippen LogP contribution in [-0.2, 0) is 0 Å².